The summed E-state index contributed by atoms with van der Waals surface area (Å²) in [6.45, 7) is 8.80. The Hall–Kier alpha value is -1.30. The molecule has 0 amide bonds. The fourth-order valence-corrected chi connectivity index (χ4v) is 0.541. The highest BCUT2D eigenvalue weighted by molar-refractivity contribution is 5.89. The van der Waals surface area contributed by atoms with E-state index < -0.39 is 11.4 Å². The van der Waals surface area contributed by atoms with Crippen LogP contribution in [0, 0.1) is 16.7 Å². The quantitative estimate of drug-likeness (QED) is 0.474. The number of ether oxygens (including phenoxy) is 1. The summed E-state index contributed by atoms with van der Waals surface area (Å²) in [6.07, 6.45) is 0. The van der Waals surface area contributed by atoms with Crippen molar-refractivity contribution in [2.75, 3.05) is 6.61 Å². The first-order chi connectivity index (χ1) is 5.45. The van der Waals surface area contributed by atoms with Crippen molar-refractivity contribution < 1.29 is 9.53 Å². The molecule has 0 N–H and O–H groups in total. The first-order valence-corrected chi connectivity index (χ1v) is 3.73. The minimum atomic E-state index is -0.841. The fraction of sp³-hybridized carbons (Fsp3) is 0.556. The van der Waals surface area contributed by atoms with Crippen molar-refractivity contribution >= 4 is 5.97 Å². The molecule has 66 valence electrons. The Kier molecular flexibility index (Phi) is 3.49. The molecule has 3 nitrogen and oxygen atoms in total. The van der Waals surface area contributed by atoms with Gasteiger partial charge in [-0.15, -0.1) is 0 Å². The molecule has 0 saturated heterocycles. The van der Waals surface area contributed by atoms with Gasteiger partial charge < -0.3 is 4.74 Å². The van der Waals surface area contributed by atoms with Crippen molar-refractivity contribution in [2.24, 2.45) is 5.41 Å². The number of rotatable bonds is 3. The van der Waals surface area contributed by atoms with Gasteiger partial charge in [0, 0.05) is 5.57 Å². The highest BCUT2D eigenvalue weighted by Gasteiger charge is 2.27. The molecule has 0 aliphatic rings. The molecule has 0 aromatic rings. The van der Waals surface area contributed by atoms with Gasteiger partial charge in [0.2, 0.25) is 0 Å². The summed E-state index contributed by atoms with van der Waals surface area (Å²) in [5.41, 5.74) is -0.640. The zero-order valence-corrected chi connectivity index (χ0v) is 7.68. The van der Waals surface area contributed by atoms with Gasteiger partial charge in [-0.25, -0.2) is 4.79 Å². The molecule has 12 heavy (non-hydrogen) atoms. The molecule has 0 heterocycles. The number of carbonyl (C=O) groups is 1. The molecule has 0 spiro atoms. The van der Waals surface area contributed by atoms with Crippen LogP contribution in [0.4, 0.5) is 0 Å². The normalized spacial score (nSPS) is 10.2. The number of carbonyl (C=O) groups excluding carboxylic acids is 1. The maximum absolute atomic E-state index is 11.1. The Morgan fingerprint density at radius 3 is 2.50 bits per heavy atom. The topological polar surface area (TPSA) is 50.1 Å². The van der Waals surface area contributed by atoms with Gasteiger partial charge in [-0.1, -0.05) is 6.58 Å². The Balaban J connectivity index is 4.42. The second kappa shape index (κ2) is 3.91. The smallest absolute Gasteiger partial charge is 0.335 e. The van der Waals surface area contributed by atoms with E-state index in [1.165, 1.54) is 0 Å². The van der Waals surface area contributed by atoms with E-state index in [0.29, 0.717) is 6.61 Å². The summed E-state index contributed by atoms with van der Waals surface area (Å²) >= 11 is 0. The number of nitrogens with zero attached hydrogens (tertiary/aromatic N) is 1. The van der Waals surface area contributed by atoms with Crippen molar-refractivity contribution in [2.45, 2.75) is 20.8 Å². The van der Waals surface area contributed by atoms with Crippen LogP contribution in [0.25, 0.3) is 0 Å². The van der Waals surface area contributed by atoms with Gasteiger partial charge in [0.15, 0.2) is 0 Å². The molecule has 0 saturated carbocycles. The fourth-order valence-electron chi connectivity index (χ4n) is 0.541. The van der Waals surface area contributed by atoms with Crippen molar-refractivity contribution in [3.8, 4) is 6.07 Å². The van der Waals surface area contributed by atoms with E-state index in [0.717, 1.165) is 0 Å². The maximum atomic E-state index is 11.1. The van der Waals surface area contributed by atoms with Gasteiger partial charge in [-0.2, -0.15) is 5.26 Å². The highest BCUT2D eigenvalue weighted by atomic mass is 16.5. The molecule has 0 unspecified atom stereocenters. The van der Waals surface area contributed by atoms with E-state index in [4.69, 9.17) is 10.00 Å². The number of nitriles is 1. The summed E-state index contributed by atoms with van der Waals surface area (Å²) in [5, 5.41) is 8.66. The highest BCUT2D eigenvalue weighted by Crippen LogP contribution is 2.24. The molecule has 0 fully saturated rings. The Labute approximate surface area is 72.6 Å². The van der Waals surface area contributed by atoms with Crippen LogP contribution in [-0.4, -0.2) is 12.6 Å². The van der Waals surface area contributed by atoms with E-state index in [1.54, 1.807) is 20.8 Å². The van der Waals surface area contributed by atoms with Gasteiger partial charge in [-0.05, 0) is 20.8 Å². The molecule has 0 aromatic carbocycles. The SMILES string of the molecule is C=C(C(=O)OCC)C(C)(C)C#N. The Bertz CT molecular complexity index is 235. The molecule has 0 aliphatic carbocycles. The third-order valence-electron chi connectivity index (χ3n) is 1.56. The molecule has 0 aliphatic heterocycles. The summed E-state index contributed by atoms with van der Waals surface area (Å²) < 4.78 is 4.70. The zero-order chi connectivity index (χ0) is 9.78. The number of hydrogen-bond acceptors (Lipinski definition) is 3. The third-order valence-corrected chi connectivity index (χ3v) is 1.56. The lowest BCUT2D eigenvalue weighted by atomic mass is 9.87. The van der Waals surface area contributed by atoms with Gasteiger partial charge in [0.1, 0.15) is 0 Å². The van der Waals surface area contributed by atoms with E-state index in [1.807, 2.05) is 6.07 Å². The lowest BCUT2D eigenvalue weighted by Gasteiger charge is -2.16. The summed E-state index contributed by atoms with van der Waals surface area (Å²) in [4.78, 5) is 11.1. The van der Waals surface area contributed by atoms with E-state index in [2.05, 4.69) is 6.58 Å². The van der Waals surface area contributed by atoms with Gasteiger partial charge in [-0.3, -0.25) is 0 Å². The van der Waals surface area contributed by atoms with E-state index in [-0.39, 0.29) is 5.57 Å². The van der Waals surface area contributed by atoms with E-state index in [9.17, 15) is 4.79 Å². The van der Waals surface area contributed by atoms with Crippen molar-refractivity contribution in [1.82, 2.24) is 0 Å². The van der Waals surface area contributed by atoms with Gasteiger partial charge >= 0.3 is 5.97 Å². The Morgan fingerprint density at radius 1 is 1.67 bits per heavy atom. The molecule has 0 atom stereocenters. The number of esters is 1. The molecule has 0 rings (SSSR count). The van der Waals surface area contributed by atoms with Crippen LogP contribution < -0.4 is 0 Å². The summed E-state index contributed by atoms with van der Waals surface area (Å²) in [5.74, 6) is -0.496. The average molecular weight is 167 g/mol. The Morgan fingerprint density at radius 2 is 2.17 bits per heavy atom. The largest absolute Gasteiger partial charge is 0.463 e. The van der Waals surface area contributed by atoms with Gasteiger partial charge in [0.05, 0.1) is 18.1 Å². The third kappa shape index (κ3) is 2.39. The van der Waals surface area contributed by atoms with Crippen molar-refractivity contribution in [3.63, 3.8) is 0 Å². The molecule has 0 radical (unpaired) electrons. The van der Waals surface area contributed by atoms with Crippen LogP contribution in [0.3, 0.4) is 0 Å². The predicted octanol–water partition coefficient (Wildman–Crippen LogP) is 1.66. The van der Waals surface area contributed by atoms with Gasteiger partial charge in [0.25, 0.3) is 0 Å². The second-order valence-corrected chi connectivity index (χ2v) is 2.94. The zero-order valence-electron chi connectivity index (χ0n) is 7.68. The van der Waals surface area contributed by atoms with Crippen LogP contribution in [0.2, 0.25) is 0 Å². The van der Waals surface area contributed by atoms with Crippen LogP contribution >= 0.6 is 0 Å². The minimum absolute atomic E-state index is 0.201. The monoisotopic (exact) mass is 167 g/mol. The summed E-state index contributed by atoms with van der Waals surface area (Å²) in [6, 6.07) is 1.98. The van der Waals surface area contributed by atoms with Crippen molar-refractivity contribution in [1.29, 1.82) is 5.26 Å². The average Bonchev–Trinajstić information content (AvgIpc) is 2.03. The van der Waals surface area contributed by atoms with Crippen LogP contribution in [0.1, 0.15) is 20.8 Å². The molecule has 3 heteroatoms. The lowest BCUT2D eigenvalue weighted by molar-refractivity contribution is -0.139. The first-order valence-electron chi connectivity index (χ1n) is 3.73. The molecular formula is C9H13NO2. The van der Waals surface area contributed by atoms with Crippen LogP contribution in [-0.2, 0) is 9.53 Å². The van der Waals surface area contributed by atoms with Crippen molar-refractivity contribution in [3.05, 3.63) is 12.2 Å². The van der Waals surface area contributed by atoms with Crippen LogP contribution in [0.5, 0.6) is 0 Å². The molecule has 0 aromatic heterocycles. The van der Waals surface area contributed by atoms with Crippen LogP contribution in [0.15, 0.2) is 12.2 Å². The first kappa shape index (κ1) is 10.7. The molecular weight excluding hydrogens is 154 g/mol. The number of hydrogen-bond donors (Lipinski definition) is 0. The standard InChI is InChI=1S/C9H13NO2/c1-5-12-8(11)7(2)9(3,4)6-10/h2,5H2,1,3-4H3. The van der Waals surface area contributed by atoms with E-state index >= 15 is 0 Å². The second-order valence-electron chi connectivity index (χ2n) is 2.94. The minimum Gasteiger partial charge on any atom is -0.463 e. The predicted molar refractivity (Wildman–Crippen MR) is 45.2 cm³/mol. The lowest BCUT2D eigenvalue weighted by Crippen LogP contribution is -2.20. The molecule has 0 bridgehead atoms. The maximum Gasteiger partial charge on any atom is 0.335 e. The summed E-state index contributed by atoms with van der Waals surface area (Å²) in [7, 11) is 0.